The van der Waals surface area contributed by atoms with Crippen LogP contribution in [0.5, 0.6) is 0 Å². The molecule has 1 aromatic heterocycles. The van der Waals surface area contributed by atoms with Crippen LogP contribution in [-0.4, -0.2) is 4.98 Å². The predicted octanol–water partition coefficient (Wildman–Crippen LogP) is 5.47. The molecule has 2 rings (SSSR count). The second kappa shape index (κ2) is 7.91. The highest BCUT2D eigenvalue weighted by Gasteiger charge is 2.12. The van der Waals surface area contributed by atoms with Crippen LogP contribution in [0.4, 0.5) is 5.69 Å². The lowest BCUT2D eigenvalue weighted by Crippen LogP contribution is -2.11. The van der Waals surface area contributed by atoms with Crippen LogP contribution in [0.25, 0.3) is 0 Å². The van der Waals surface area contributed by atoms with Crippen LogP contribution in [0.1, 0.15) is 44.2 Å². The molecule has 0 aliphatic rings. The number of unbranched alkanes of at least 4 members (excludes halogenated alkanes) is 2. The molecule has 2 aromatic rings. The quantitative estimate of drug-likeness (QED) is 0.684. The van der Waals surface area contributed by atoms with Crippen molar-refractivity contribution in [2.75, 3.05) is 5.32 Å². The van der Waals surface area contributed by atoms with Gasteiger partial charge in [-0.25, -0.2) is 0 Å². The second-order valence-electron chi connectivity index (χ2n) is 4.96. The van der Waals surface area contributed by atoms with Gasteiger partial charge in [-0.1, -0.05) is 68.1 Å². The van der Waals surface area contributed by atoms with Gasteiger partial charge in [-0.15, -0.1) is 0 Å². The van der Waals surface area contributed by atoms with Crippen LogP contribution in [0.3, 0.4) is 0 Å². The molecule has 0 amide bonds. The van der Waals surface area contributed by atoms with E-state index in [4.69, 9.17) is 11.6 Å². The summed E-state index contributed by atoms with van der Waals surface area (Å²) in [5.74, 6) is 0. The lowest BCUT2D eigenvalue weighted by atomic mass is 10.0. The van der Waals surface area contributed by atoms with E-state index >= 15 is 0 Å². The van der Waals surface area contributed by atoms with Crippen LogP contribution in [-0.2, 0) is 0 Å². The maximum atomic E-state index is 6.21. The summed E-state index contributed by atoms with van der Waals surface area (Å²) in [5.41, 5.74) is 2.20. The second-order valence-corrected chi connectivity index (χ2v) is 5.37. The van der Waals surface area contributed by atoms with E-state index in [0.717, 1.165) is 17.1 Å². The first-order valence-corrected chi connectivity index (χ1v) is 7.60. The van der Waals surface area contributed by atoms with Crippen molar-refractivity contribution in [2.45, 2.75) is 38.6 Å². The number of hydrogen-bond donors (Lipinski definition) is 1. The normalized spacial score (nSPS) is 12.1. The van der Waals surface area contributed by atoms with Gasteiger partial charge in [0.05, 0.1) is 22.9 Å². The molecule has 0 saturated heterocycles. The molecule has 0 saturated carbocycles. The molecule has 0 aliphatic heterocycles. The number of halogens is 1. The third-order valence-corrected chi connectivity index (χ3v) is 3.73. The van der Waals surface area contributed by atoms with E-state index in [-0.39, 0.29) is 6.04 Å². The number of aromatic nitrogens is 1. The van der Waals surface area contributed by atoms with E-state index in [0.29, 0.717) is 0 Å². The summed E-state index contributed by atoms with van der Waals surface area (Å²) >= 11 is 6.21. The Balaban J connectivity index is 2.12. The molecule has 0 bridgehead atoms. The first kappa shape index (κ1) is 14.9. The highest BCUT2D eigenvalue weighted by atomic mass is 35.5. The molecule has 106 valence electrons. The molecule has 1 atom stereocenters. The average molecular weight is 289 g/mol. The van der Waals surface area contributed by atoms with Crippen molar-refractivity contribution in [2.24, 2.45) is 0 Å². The van der Waals surface area contributed by atoms with Crippen LogP contribution in [0.2, 0.25) is 5.02 Å². The first-order chi connectivity index (χ1) is 9.81. The van der Waals surface area contributed by atoms with Crippen molar-refractivity contribution in [1.82, 2.24) is 4.98 Å². The lowest BCUT2D eigenvalue weighted by Gasteiger charge is -2.21. The Hall–Kier alpha value is -1.54. The van der Waals surface area contributed by atoms with E-state index in [1.54, 1.807) is 12.4 Å². The number of nitrogens with zero attached hydrogens (tertiary/aromatic N) is 1. The SMILES string of the molecule is CCCCCC(Nc1cnccc1Cl)c1ccccc1. The van der Waals surface area contributed by atoms with Gasteiger partial charge in [0.2, 0.25) is 0 Å². The van der Waals surface area contributed by atoms with Gasteiger partial charge in [0.25, 0.3) is 0 Å². The van der Waals surface area contributed by atoms with E-state index in [9.17, 15) is 0 Å². The number of anilines is 1. The van der Waals surface area contributed by atoms with Gasteiger partial charge in [0.1, 0.15) is 0 Å². The monoisotopic (exact) mass is 288 g/mol. The number of hydrogen-bond acceptors (Lipinski definition) is 2. The highest BCUT2D eigenvalue weighted by molar-refractivity contribution is 6.33. The Morgan fingerprint density at radius 2 is 1.95 bits per heavy atom. The third kappa shape index (κ3) is 4.24. The van der Waals surface area contributed by atoms with Crippen LogP contribution >= 0.6 is 11.6 Å². The molecular weight excluding hydrogens is 268 g/mol. The van der Waals surface area contributed by atoms with Crippen molar-refractivity contribution in [3.8, 4) is 0 Å². The van der Waals surface area contributed by atoms with Crippen molar-refractivity contribution in [3.05, 3.63) is 59.4 Å². The minimum atomic E-state index is 0.282. The van der Waals surface area contributed by atoms with Gasteiger partial charge < -0.3 is 5.32 Å². The number of nitrogens with one attached hydrogen (secondary N) is 1. The smallest absolute Gasteiger partial charge is 0.0720 e. The number of benzene rings is 1. The van der Waals surface area contributed by atoms with E-state index in [2.05, 4.69) is 41.5 Å². The van der Waals surface area contributed by atoms with Crippen LogP contribution in [0, 0.1) is 0 Å². The van der Waals surface area contributed by atoms with Gasteiger partial charge >= 0.3 is 0 Å². The van der Waals surface area contributed by atoms with Gasteiger partial charge in [-0.3, -0.25) is 4.98 Å². The molecular formula is C17H21ClN2. The molecule has 1 N–H and O–H groups in total. The van der Waals surface area contributed by atoms with Crippen molar-refractivity contribution < 1.29 is 0 Å². The maximum Gasteiger partial charge on any atom is 0.0720 e. The summed E-state index contributed by atoms with van der Waals surface area (Å²) in [6.45, 7) is 2.23. The van der Waals surface area contributed by atoms with E-state index in [1.807, 2.05) is 12.1 Å². The number of pyridine rings is 1. The van der Waals surface area contributed by atoms with Gasteiger partial charge in [-0.05, 0) is 18.1 Å². The van der Waals surface area contributed by atoms with Gasteiger partial charge in [0, 0.05) is 6.20 Å². The maximum absolute atomic E-state index is 6.21. The van der Waals surface area contributed by atoms with Crippen molar-refractivity contribution in [3.63, 3.8) is 0 Å². The zero-order chi connectivity index (χ0) is 14.2. The molecule has 3 heteroatoms. The van der Waals surface area contributed by atoms with Gasteiger partial charge in [-0.2, -0.15) is 0 Å². The van der Waals surface area contributed by atoms with Gasteiger partial charge in [0.15, 0.2) is 0 Å². The minimum absolute atomic E-state index is 0.282. The molecule has 0 aliphatic carbocycles. The summed E-state index contributed by atoms with van der Waals surface area (Å²) in [5, 5.41) is 4.25. The largest absolute Gasteiger partial charge is 0.376 e. The summed E-state index contributed by atoms with van der Waals surface area (Å²) in [4.78, 5) is 4.14. The summed E-state index contributed by atoms with van der Waals surface area (Å²) in [7, 11) is 0. The highest BCUT2D eigenvalue weighted by Crippen LogP contribution is 2.28. The molecule has 0 fully saturated rings. The fourth-order valence-electron chi connectivity index (χ4n) is 2.28. The fourth-order valence-corrected chi connectivity index (χ4v) is 2.44. The fraction of sp³-hybridized carbons (Fsp3) is 0.353. The third-order valence-electron chi connectivity index (χ3n) is 3.40. The Kier molecular flexibility index (Phi) is 5.87. The van der Waals surface area contributed by atoms with Crippen LogP contribution < -0.4 is 5.32 Å². The standard InChI is InChI=1S/C17H21ClN2/c1-2-3-5-10-16(14-8-6-4-7-9-14)20-17-13-19-12-11-15(17)18/h4,6-9,11-13,16,20H,2-3,5,10H2,1H3. The average Bonchev–Trinajstić information content (AvgIpc) is 2.49. The van der Waals surface area contributed by atoms with Crippen molar-refractivity contribution >= 4 is 17.3 Å². The van der Waals surface area contributed by atoms with E-state index in [1.165, 1.54) is 24.8 Å². The minimum Gasteiger partial charge on any atom is -0.376 e. The molecule has 1 aromatic carbocycles. The molecule has 1 heterocycles. The topological polar surface area (TPSA) is 24.9 Å². The Morgan fingerprint density at radius 1 is 1.15 bits per heavy atom. The molecule has 0 spiro atoms. The zero-order valence-electron chi connectivity index (χ0n) is 11.8. The zero-order valence-corrected chi connectivity index (χ0v) is 12.6. The molecule has 1 unspecified atom stereocenters. The summed E-state index contributed by atoms with van der Waals surface area (Å²) < 4.78 is 0. The lowest BCUT2D eigenvalue weighted by molar-refractivity contribution is 0.606. The summed E-state index contributed by atoms with van der Waals surface area (Å²) in [6, 6.07) is 12.6. The Morgan fingerprint density at radius 3 is 2.65 bits per heavy atom. The van der Waals surface area contributed by atoms with Crippen molar-refractivity contribution in [1.29, 1.82) is 0 Å². The number of rotatable bonds is 7. The molecule has 2 nitrogen and oxygen atoms in total. The Bertz CT molecular complexity index is 513. The molecule has 20 heavy (non-hydrogen) atoms. The summed E-state index contributed by atoms with van der Waals surface area (Å²) in [6.07, 6.45) is 8.30. The predicted molar refractivity (Wildman–Crippen MR) is 86.2 cm³/mol. The Labute approximate surface area is 126 Å². The molecule has 0 radical (unpaired) electrons. The first-order valence-electron chi connectivity index (χ1n) is 7.22. The van der Waals surface area contributed by atoms with Crippen LogP contribution in [0.15, 0.2) is 48.8 Å². The van der Waals surface area contributed by atoms with E-state index < -0.39 is 0 Å².